The van der Waals surface area contributed by atoms with E-state index in [4.69, 9.17) is 17.3 Å². The Kier molecular flexibility index (Phi) is 5.86. The summed E-state index contributed by atoms with van der Waals surface area (Å²) in [5.41, 5.74) is 4.83. The molecule has 2 atom stereocenters. The fourth-order valence-corrected chi connectivity index (χ4v) is 4.89. The Bertz CT molecular complexity index is 1770. The third-order valence-electron chi connectivity index (χ3n) is 6.42. The number of aromatic amines is 1. The molecule has 5 aromatic rings. The first-order chi connectivity index (χ1) is 18.7. The van der Waals surface area contributed by atoms with E-state index >= 15 is 4.39 Å². The maximum absolute atomic E-state index is 15.3. The van der Waals surface area contributed by atoms with Crippen LogP contribution < -0.4 is 11.3 Å². The minimum atomic E-state index is -2.91. The van der Waals surface area contributed by atoms with Crippen LogP contribution in [0.1, 0.15) is 49.1 Å². The van der Waals surface area contributed by atoms with Gasteiger partial charge in [-0.3, -0.25) is 9.36 Å². The number of nitrogens with two attached hydrogens (primary N) is 1. The molecule has 0 amide bonds. The topological polar surface area (TPSA) is 159 Å². The molecule has 198 valence electrons. The van der Waals surface area contributed by atoms with E-state index in [1.807, 2.05) is 6.92 Å². The number of anilines is 1. The van der Waals surface area contributed by atoms with Crippen molar-refractivity contribution in [1.29, 1.82) is 0 Å². The first-order valence-corrected chi connectivity index (χ1v) is 11.9. The number of nitrogens with zero attached hydrogens (tertiary/aromatic N) is 9. The van der Waals surface area contributed by atoms with Gasteiger partial charge in [0, 0.05) is 12.0 Å². The van der Waals surface area contributed by atoms with Gasteiger partial charge in [-0.1, -0.05) is 18.5 Å². The monoisotopic (exact) mass is 555 g/mol. The van der Waals surface area contributed by atoms with Crippen LogP contribution >= 0.6 is 11.6 Å². The van der Waals surface area contributed by atoms with Crippen molar-refractivity contribution in [2.45, 2.75) is 31.7 Å². The lowest BCUT2D eigenvalue weighted by Gasteiger charge is -2.15. The van der Waals surface area contributed by atoms with Gasteiger partial charge in [-0.25, -0.2) is 33.1 Å². The Balaban J connectivity index is 1.44. The van der Waals surface area contributed by atoms with E-state index in [2.05, 4.69) is 40.4 Å². The van der Waals surface area contributed by atoms with E-state index < -0.39 is 29.5 Å². The van der Waals surface area contributed by atoms with E-state index in [-0.39, 0.29) is 45.1 Å². The Hall–Kier alpha value is -4.66. The van der Waals surface area contributed by atoms with Crippen LogP contribution in [-0.4, -0.2) is 49.7 Å². The minimum absolute atomic E-state index is 0.0345. The second kappa shape index (κ2) is 9.27. The zero-order valence-electron chi connectivity index (χ0n) is 19.9. The Morgan fingerprint density at radius 2 is 2.03 bits per heavy atom. The number of benzene rings is 1. The van der Waals surface area contributed by atoms with Gasteiger partial charge < -0.3 is 10.7 Å². The average Bonchev–Trinajstić information content (AvgIpc) is 3.66. The number of alkyl halides is 2. The zero-order valence-corrected chi connectivity index (χ0v) is 20.7. The van der Waals surface area contributed by atoms with Crippen LogP contribution in [0.2, 0.25) is 5.02 Å². The number of hydrogen-bond donors (Lipinski definition) is 2. The Labute approximate surface area is 221 Å². The van der Waals surface area contributed by atoms with Crippen LogP contribution in [0.5, 0.6) is 0 Å². The summed E-state index contributed by atoms with van der Waals surface area (Å²) in [5, 5.41) is 10.8. The van der Waals surface area contributed by atoms with Crippen LogP contribution in [0.3, 0.4) is 0 Å². The van der Waals surface area contributed by atoms with Crippen LogP contribution in [-0.2, 0) is 0 Å². The molecule has 0 fully saturated rings. The fraction of sp³-hybridized carbons (Fsp3) is 0.217. The first kappa shape index (κ1) is 24.7. The predicted octanol–water partition coefficient (Wildman–Crippen LogP) is 3.48. The van der Waals surface area contributed by atoms with E-state index in [9.17, 15) is 13.6 Å². The second-order valence-electron chi connectivity index (χ2n) is 8.88. The summed E-state index contributed by atoms with van der Waals surface area (Å²) in [4.78, 5) is 33.1. The molecule has 1 aliphatic heterocycles. The molecule has 12 nitrogen and oxygen atoms in total. The number of hydrogen-bond acceptors (Lipinski definition) is 9. The molecule has 4 aromatic heterocycles. The minimum Gasteiger partial charge on any atom is -0.382 e. The molecule has 6 rings (SSSR count). The highest BCUT2D eigenvalue weighted by Crippen LogP contribution is 2.39. The van der Waals surface area contributed by atoms with E-state index in [1.54, 1.807) is 0 Å². The van der Waals surface area contributed by atoms with Crippen LogP contribution in [0.25, 0.3) is 28.3 Å². The number of nitrogens with one attached hydrogen (secondary N) is 1. The lowest BCUT2D eigenvalue weighted by atomic mass is 10.1. The lowest BCUT2D eigenvalue weighted by Crippen LogP contribution is -2.25. The number of imidazole rings is 1. The number of tetrazole rings is 1. The van der Waals surface area contributed by atoms with Gasteiger partial charge in [0.15, 0.2) is 5.82 Å². The molecule has 0 aliphatic carbocycles. The summed E-state index contributed by atoms with van der Waals surface area (Å²) in [5.74, 6) is -0.417. The van der Waals surface area contributed by atoms with Gasteiger partial charge in [-0.15, -0.1) is 5.10 Å². The van der Waals surface area contributed by atoms with Crippen molar-refractivity contribution in [2.75, 3.05) is 5.73 Å². The number of H-pyrrole nitrogens is 1. The number of aromatic nitrogens is 10. The largest absolute Gasteiger partial charge is 0.382 e. The second-order valence-corrected chi connectivity index (χ2v) is 9.29. The predicted molar refractivity (Wildman–Crippen MR) is 132 cm³/mol. The van der Waals surface area contributed by atoms with Crippen molar-refractivity contribution in [3.63, 3.8) is 0 Å². The first-order valence-electron chi connectivity index (χ1n) is 11.5. The molecular formula is C23H17ClF3N11O. The van der Waals surface area contributed by atoms with Gasteiger partial charge >= 0.3 is 0 Å². The summed E-state index contributed by atoms with van der Waals surface area (Å²) in [6, 6.07) is 3.49. The maximum atomic E-state index is 15.3. The summed E-state index contributed by atoms with van der Waals surface area (Å²) < 4.78 is 45.1. The van der Waals surface area contributed by atoms with Crippen LogP contribution in [0, 0.1) is 5.82 Å². The van der Waals surface area contributed by atoms with Gasteiger partial charge in [0.25, 0.3) is 12.0 Å². The van der Waals surface area contributed by atoms with Crippen molar-refractivity contribution in [1.82, 2.24) is 49.7 Å². The Morgan fingerprint density at radius 3 is 2.77 bits per heavy atom. The van der Waals surface area contributed by atoms with Gasteiger partial charge in [0.05, 0.1) is 46.1 Å². The van der Waals surface area contributed by atoms with Gasteiger partial charge in [0.2, 0.25) is 0 Å². The summed E-state index contributed by atoms with van der Waals surface area (Å²) >= 11 is 6.06. The van der Waals surface area contributed by atoms with Crippen molar-refractivity contribution in [3.8, 4) is 28.3 Å². The smallest absolute Gasteiger partial charge is 0.282 e. The summed E-state index contributed by atoms with van der Waals surface area (Å²) in [6.45, 7) is 1.86. The molecule has 3 N–H and O–H groups in total. The van der Waals surface area contributed by atoms with Crippen molar-refractivity contribution in [3.05, 3.63) is 75.5 Å². The molecule has 0 spiro atoms. The van der Waals surface area contributed by atoms with Crippen molar-refractivity contribution >= 4 is 17.4 Å². The SMILES string of the molecule is C[C@H]1C[C@H](c2ncc(-c3ncc(N)nc3C(F)F)[nH]2)n2c1nc(-c1c(-n3cnnn3)ccc(Cl)c1F)cc2=O. The van der Waals surface area contributed by atoms with Crippen molar-refractivity contribution in [2.24, 2.45) is 0 Å². The number of halogens is 4. The molecule has 0 radical (unpaired) electrons. The molecule has 0 saturated carbocycles. The molecule has 0 bridgehead atoms. The highest BCUT2D eigenvalue weighted by Gasteiger charge is 2.35. The highest BCUT2D eigenvalue weighted by atomic mass is 35.5. The molecule has 16 heteroatoms. The summed E-state index contributed by atoms with van der Waals surface area (Å²) in [7, 11) is 0. The third-order valence-corrected chi connectivity index (χ3v) is 6.72. The molecule has 39 heavy (non-hydrogen) atoms. The molecule has 0 saturated heterocycles. The fourth-order valence-electron chi connectivity index (χ4n) is 4.73. The standard InChI is InChI=1S/C23H17ClF3N11O/c1-9-4-14(22-30-6-12(32-22)19-20(21(26)27)34-15(28)7-29-19)38-16(39)5-11(33-23(9)38)17-13(37-8-31-35-36-37)3-2-10(24)18(17)25/h2-3,5-9,14,21H,4H2,1H3,(H2,28,34)(H,30,32)/t9-,14+/m0/s1. The Morgan fingerprint density at radius 1 is 1.21 bits per heavy atom. The van der Waals surface area contributed by atoms with Crippen LogP contribution in [0.15, 0.2) is 41.7 Å². The van der Waals surface area contributed by atoms with Crippen molar-refractivity contribution < 1.29 is 13.2 Å². The molecule has 1 aromatic carbocycles. The maximum Gasteiger partial charge on any atom is 0.282 e. The molecular weight excluding hydrogens is 539 g/mol. The third kappa shape index (κ3) is 4.10. The number of rotatable bonds is 5. The molecule has 5 heterocycles. The van der Waals surface area contributed by atoms with Gasteiger partial charge in [-0.2, -0.15) is 4.68 Å². The number of nitrogen functional groups attached to an aromatic ring is 1. The number of fused-ring (bicyclic) bond motifs is 1. The zero-order chi connectivity index (χ0) is 27.4. The van der Waals surface area contributed by atoms with E-state index in [0.29, 0.717) is 18.1 Å². The average molecular weight is 556 g/mol. The van der Waals surface area contributed by atoms with E-state index in [1.165, 1.54) is 46.2 Å². The lowest BCUT2D eigenvalue weighted by molar-refractivity contribution is 0.146. The van der Waals surface area contributed by atoms with Crippen LogP contribution in [0.4, 0.5) is 19.0 Å². The highest BCUT2D eigenvalue weighted by molar-refractivity contribution is 6.31. The summed E-state index contributed by atoms with van der Waals surface area (Å²) in [6.07, 6.45) is 1.31. The molecule has 0 unspecified atom stereocenters. The quantitative estimate of drug-likeness (QED) is 0.331. The van der Waals surface area contributed by atoms with E-state index in [0.717, 1.165) is 0 Å². The molecule has 1 aliphatic rings. The van der Waals surface area contributed by atoms with Gasteiger partial charge in [-0.05, 0) is 29.0 Å². The normalized spacial score (nSPS) is 16.7. The van der Waals surface area contributed by atoms with Gasteiger partial charge in [0.1, 0.15) is 35.2 Å².